The fourth-order valence-electron chi connectivity index (χ4n) is 1.42. The molecule has 1 aromatic rings. The van der Waals surface area contributed by atoms with Gasteiger partial charge in [0.2, 0.25) is 0 Å². The molecule has 5 heteroatoms. The van der Waals surface area contributed by atoms with E-state index in [1.807, 2.05) is 31.2 Å². The van der Waals surface area contributed by atoms with E-state index in [2.05, 4.69) is 26.6 Å². The van der Waals surface area contributed by atoms with Crippen molar-refractivity contribution in [3.05, 3.63) is 28.7 Å². The molecule has 2 amide bonds. The van der Waals surface area contributed by atoms with E-state index in [4.69, 9.17) is 5.11 Å². The van der Waals surface area contributed by atoms with Crippen molar-refractivity contribution in [1.29, 1.82) is 0 Å². The lowest BCUT2D eigenvalue weighted by molar-refractivity contribution is 0.237. The van der Waals surface area contributed by atoms with Crippen LogP contribution in [0.15, 0.2) is 28.7 Å². The Labute approximate surface area is 110 Å². The van der Waals surface area contributed by atoms with Gasteiger partial charge < -0.3 is 15.7 Å². The van der Waals surface area contributed by atoms with Crippen LogP contribution in [0.4, 0.5) is 10.5 Å². The lowest BCUT2D eigenvalue weighted by atomic mass is 10.2. The number of aliphatic hydroxyl groups is 1. The standard InChI is InChI=1S/C12H17BrN2O2/c1-2-10(7-8-16)14-12(17)15-11-5-3-9(13)4-6-11/h3-6,10,16H,2,7-8H2,1H3,(H2,14,15,17). The SMILES string of the molecule is CCC(CCO)NC(=O)Nc1ccc(Br)cc1. The van der Waals surface area contributed by atoms with Gasteiger partial charge in [-0.05, 0) is 37.1 Å². The van der Waals surface area contributed by atoms with Gasteiger partial charge in [-0.2, -0.15) is 0 Å². The summed E-state index contributed by atoms with van der Waals surface area (Å²) in [6, 6.07) is 7.12. The van der Waals surface area contributed by atoms with Gasteiger partial charge >= 0.3 is 6.03 Å². The second kappa shape index (κ2) is 7.29. The quantitative estimate of drug-likeness (QED) is 0.783. The summed E-state index contributed by atoms with van der Waals surface area (Å²) in [5.74, 6) is 0. The molecule has 0 saturated heterocycles. The Morgan fingerprint density at radius 3 is 2.59 bits per heavy atom. The van der Waals surface area contributed by atoms with Gasteiger partial charge in [0, 0.05) is 22.8 Å². The van der Waals surface area contributed by atoms with Crippen molar-refractivity contribution in [3.63, 3.8) is 0 Å². The van der Waals surface area contributed by atoms with Crippen LogP contribution in [-0.4, -0.2) is 23.8 Å². The number of hydrogen-bond acceptors (Lipinski definition) is 2. The second-order valence-corrected chi connectivity index (χ2v) is 4.64. The third-order valence-corrected chi connectivity index (χ3v) is 2.94. The average molecular weight is 301 g/mol. The molecule has 0 aromatic heterocycles. The van der Waals surface area contributed by atoms with Gasteiger partial charge in [0.25, 0.3) is 0 Å². The van der Waals surface area contributed by atoms with Gasteiger partial charge in [-0.25, -0.2) is 4.79 Å². The Balaban J connectivity index is 2.46. The van der Waals surface area contributed by atoms with E-state index < -0.39 is 0 Å². The van der Waals surface area contributed by atoms with Crippen molar-refractivity contribution in [3.8, 4) is 0 Å². The maximum Gasteiger partial charge on any atom is 0.319 e. The molecule has 1 rings (SSSR count). The highest BCUT2D eigenvalue weighted by Gasteiger charge is 2.09. The third-order valence-electron chi connectivity index (χ3n) is 2.41. The Kier molecular flexibility index (Phi) is 6.00. The second-order valence-electron chi connectivity index (χ2n) is 3.72. The molecular weight excluding hydrogens is 284 g/mol. The smallest absolute Gasteiger partial charge is 0.319 e. The van der Waals surface area contributed by atoms with Gasteiger partial charge in [-0.1, -0.05) is 22.9 Å². The molecule has 0 bridgehead atoms. The van der Waals surface area contributed by atoms with Crippen LogP contribution in [0.25, 0.3) is 0 Å². The normalized spacial score (nSPS) is 11.9. The Bertz CT molecular complexity index is 354. The number of nitrogens with one attached hydrogen (secondary N) is 2. The fraction of sp³-hybridized carbons (Fsp3) is 0.417. The first-order valence-corrected chi connectivity index (χ1v) is 6.39. The van der Waals surface area contributed by atoms with Crippen molar-refractivity contribution in [1.82, 2.24) is 5.32 Å². The van der Waals surface area contributed by atoms with Crippen LogP contribution in [0.5, 0.6) is 0 Å². The van der Waals surface area contributed by atoms with Crippen molar-refractivity contribution in [2.75, 3.05) is 11.9 Å². The van der Waals surface area contributed by atoms with E-state index in [0.717, 1.165) is 16.6 Å². The van der Waals surface area contributed by atoms with Gasteiger partial charge in [0.1, 0.15) is 0 Å². The highest BCUT2D eigenvalue weighted by Crippen LogP contribution is 2.13. The number of urea groups is 1. The number of benzene rings is 1. The molecular formula is C12H17BrN2O2. The zero-order valence-electron chi connectivity index (χ0n) is 9.74. The van der Waals surface area contributed by atoms with Crippen molar-refractivity contribution >= 4 is 27.6 Å². The van der Waals surface area contributed by atoms with Gasteiger partial charge in [0.15, 0.2) is 0 Å². The van der Waals surface area contributed by atoms with Crippen LogP contribution in [0.3, 0.4) is 0 Å². The molecule has 0 aliphatic carbocycles. The van der Waals surface area contributed by atoms with Crippen LogP contribution in [0.1, 0.15) is 19.8 Å². The van der Waals surface area contributed by atoms with Crippen LogP contribution >= 0.6 is 15.9 Å². The van der Waals surface area contributed by atoms with Crippen LogP contribution in [0.2, 0.25) is 0 Å². The monoisotopic (exact) mass is 300 g/mol. The van der Waals surface area contributed by atoms with Crippen LogP contribution in [0, 0.1) is 0 Å². The van der Waals surface area contributed by atoms with Crippen LogP contribution in [-0.2, 0) is 0 Å². The molecule has 94 valence electrons. The van der Waals surface area contributed by atoms with Crippen LogP contribution < -0.4 is 10.6 Å². The summed E-state index contributed by atoms with van der Waals surface area (Å²) in [7, 11) is 0. The first kappa shape index (κ1) is 14.0. The lowest BCUT2D eigenvalue weighted by Gasteiger charge is -2.16. The summed E-state index contributed by atoms with van der Waals surface area (Å²) in [5, 5.41) is 14.4. The molecule has 0 radical (unpaired) electrons. The lowest BCUT2D eigenvalue weighted by Crippen LogP contribution is -2.38. The predicted octanol–water partition coefficient (Wildman–Crippen LogP) is 2.73. The van der Waals surface area contributed by atoms with Gasteiger partial charge in [0.05, 0.1) is 0 Å². The average Bonchev–Trinajstić information content (AvgIpc) is 2.31. The summed E-state index contributed by atoms with van der Waals surface area (Å²) in [5.41, 5.74) is 0.740. The molecule has 0 fully saturated rings. The summed E-state index contributed by atoms with van der Waals surface area (Å²) in [6.45, 7) is 2.05. The number of carbonyl (C=O) groups is 1. The van der Waals surface area contributed by atoms with E-state index in [1.165, 1.54) is 0 Å². The number of anilines is 1. The highest BCUT2D eigenvalue weighted by molar-refractivity contribution is 9.10. The van der Waals surface area contributed by atoms with E-state index in [1.54, 1.807) is 0 Å². The first-order chi connectivity index (χ1) is 8.15. The van der Waals surface area contributed by atoms with E-state index in [-0.39, 0.29) is 18.7 Å². The first-order valence-electron chi connectivity index (χ1n) is 5.59. The van der Waals surface area contributed by atoms with Gasteiger partial charge in [-0.15, -0.1) is 0 Å². The third kappa shape index (κ3) is 5.19. The van der Waals surface area contributed by atoms with E-state index in [0.29, 0.717) is 6.42 Å². The molecule has 1 unspecified atom stereocenters. The summed E-state index contributed by atoms with van der Waals surface area (Å²) in [6.07, 6.45) is 1.37. The molecule has 0 spiro atoms. The Morgan fingerprint density at radius 2 is 2.06 bits per heavy atom. The number of halogens is 1. The summed E-state index contributed by atoms with van der Waals surface area (Å²) in [4.78, 5) is 11.6. The van der Waals surface area contributed by atoms with E-state index in [9.17, 15) is 4.79 Å². The largest absolute Gasteiger partial charge is 0.396 e. The maximum atomic E-state index is 11.6. The summed E-state index contributed by atoms with van der Waals surface area (Å²) < 4.78 is 0.968. The minimum absolute atomic E-state index is 0.00967. The Hall–Kier alpha value is -1.07. The molecule has 0 aliphatic rings. The van der Waals surface area contributed by atoms with Crippen molar-refractivity contribution in [2.45, 2.75) is 25.8 Å². The molecule has 1 atom stereocenters. The topological polar surface area (TPSA) is 61.4 Å². The zero-order valence-corrected chi connectivity index (χ0v) is 11.3. The number of aliphatic hydroxyl groups excluding tert-OH is 1. The predicted molar refractivity (Wildman–Crippen MR) is 72.1 cm³/mol. The zero-order chi connectivity index (χ0) is 12.7. The molecule has 4 nitrogen and oxygen atoms in total. The maximum absolute atomic E-state index is 11.6. The fourth-order valence-corrected chi connectivity index (χ4v) is 1.68. The van der Waals surface area contributed by atoms with Crippen molar-refractivity contribution < 1.29 is 9.90 Å². The number of carbonyl (C=O) groups excluding carboxylic acids is 1. The molecule has 0 heterocycles. The minimum Gasteiger partial charge on any atom is -0.396 e. The number of rotatable bonds is 5. The number of amides is 2. The highest BCUT2D eigenvalue weighted by atomic mass is 79.9. The summed E-state index contributed by atoms with van der Waals surface area (Å²) >= 11 is 3.33. The molecule has 0 aliphatic heterocycles. The molecule has 3 N–H and O–H groups in total. The minimum atomic E-state index is -0.243. The molecule has 17 heavy (non-hydrogen) atoms. The van der Waals surface area contributed by atoms with Gasteiger partial charge in [-0.3, -0.25) is 0 Å². The molecule has 1 aromatic carbocycles. The van der Waals surface area contributed by atoms with Crippen molar-refractivity contribution in [2.24, 2.45) is 0 Å². The Morgan fingerprint density at radius 1 is 1.41 bits per heavy atom. The molecule has 0 saturated carbocycles. The van der Waals surface area contributed by atoms with E-state index >= 15 is 0 Å². The number of hydrogen-bond donors (Lipinski definition) is 3.